The van der Waals surface area contributed by atoms with Crippen molar-refractivity contribution in [2.24, 2.45) is 5.92 Å². The van der Waals surface area contributed by atoms with Crippen LogP contribution in [0.5, 0.6) is 0 Å². The summed E-state index contributed by atoms with van der Waals surface area (Å²) in [6, 6.07) is 8.17. The van der Waals surface area contributed by atoms with Gasteiger partial charge in [-0.15, -0.1) is 11.8 Å². The number of nitrogens with one attached hydrogen (secondary N) is 1. The van der Waals surface area contributed by atoms with Gasteiger partial charge in [-0.3, -0.25) is 4.79 Å². The highest BCUT2D eigenvalue weighted by Gasteiger charge is 2.16. The van der Waals surface area contributed by atoms with Gasteiger partial charge in [0.15, 0.2) is 0 Å². The van der Waals surface area contributed by atoms with Gasteiger partial charge in [0.05, 0.1) is 13.0 Å². The number of carbonyl (C=O) groups is 1. The van der Waals surface area contributed by atoms with Crippen LogP contribution < -0.4 is 5.32 Å². The van der Waals surface area contributed by atoms with Gasteiger partial charge >= 0.3 is 5.97 Å². The van der Waals surface area contributed by atoms with Gasteiger partial charge in [-0.1, -0.05) is 6.92 Å². The van der Waals surface area contributed by atoms with E-state index >= 15 is 0 Å². The summed E-state index contributed by atoms with van der Waals surface area (Å²) in [6.45, 7) is 2.60. The number of rotatable bonds is 6. The first-order valence-corrected chi connectivity index (χ1v) is 6.89. The van der Waals surface area contributed by atoms with Gasteiger partial charge in [-0.05, 0) is 36.9 Å². The summed E-state index contributed by atoms with van der Waals surface area (Å²) in [5, 5.41) is 3.25. The number of hydrogen-bond donors (Lipinski definition) is 1. The van der Waals surface area contributed by atoms with Crippen molar-refractivity contribution in [2.75, 3.05) is 25.2 Å². The molecule has 0 aliphatic heterocycles. The van der Waals surface area contributed by atoms with Crippen LogP contribution in [0.2, 0.25) is 0 Å². The average molecular weight is 253 g/mol. The van der Waals surface area contributed by atoms with Crippen LogP contribution in [0.4, 0.5) is 5.69 Å². The number of hydrogen-bond acceptors (Lipinski definition) is 4. The van der Waals surface area contributed by atoms with Crippen LogP contribution in [-0.4, -0.2) is 25.9 Å². The highest BCUT2D eigenvalue weighted by Crippen LogP contribution is 2.18. The molecule has 1 unspecified atom stereocenters. The van der Waals surface area contributed by atoms with E-state index in [0.717, 1.165) is 12.1 Å². The van der Waals surface area contributed by atoms with E-state index in [-0.39, 0.29) is 11.9 Å². The van der Waals surface area contributed by atoms with Crippen LogP contribution in [0.1, 0.15) is 13.3 Å². The summed E-state index contributed by atoms with van der Waals surface area (Å²) in [5.74, 6) is -0.235. The summed E-state index contributed by atoms with van der Waals surface area (Å²) in [5.41, 5.74) is 1.03. The molecule has 1 atom stereocenters. The van der Waals surface area contributed by atoms with Gasteiger partial charge < -0.3 is 10.1 Å². The van der Waals surface area contributed by atoms with E-state index < -0.39 is 0 Å². The summed E-state index contributed by atoms with van der Waals surface area (Å²) < 4.78 is 4.75. The lowest BCUT2D eigenvalue weighted by Crippen LogP contribution is -2.23. The lowest BCUT2D eigenvalue weighted by atomic mass is 10.1. The molecule has 17 heavy (non-hydrogen) atoms. The Bertz CT molecular complexity index is 351. The van der Waals surface area contributed by atoms with Crippen molar-refractivity contribution in [3.05, 3.63) is 24.3 Å². The van der Waals surface area contributed by atoms with Gasteiger partial charge in [0, 0.05) is 17.1 Å². The van der Waals surface area contributed by atoms with Crippen LogP contribution in [0.3, 0.4) is 0 Å². The molecule has 1 N–H and O–H groups in total. The van der Waals surface area contributed by atoms with E-state index in [1.807, 2.05) is 25.3 Å². The largest absolute Gasteiger partial charge is 0.469 e. The smallest absolute Gasteiger partial charge is 0.310 e. The second kappa shape index (κ2) is 7.22. The van der Waals surface area contributed by atoms with Crippen LogP contribution in [-0.2, 0) is 9.53 Å². The van der Waals surface area contributed by atoms with Gasteiger partial charge in [-0.25, -0.2) is 0 Å². The maximum absolute atomic E-state index is 11.4. The molecule has 0 heterocycles. The number of methoxy groups -OCH3 is 1. The predicted molar refractivity (Wildman–Crippen MR) is 72.5 cm³/mol. The van der Waals surface area contributed by atoms with Crippen LogP contribution in [0, 0.1) is 5.92 Å². The molecule has 3 nitrogen and oxygen atoms in total. The minimum Gasteiger partial charge on any atom is -0.469 e. The van der Waals surface area contributed by atoms with Gasteiger partial charge in [-0.2, -0.15) is 0 Å². The Balaban J connectivity index is 2.50. The third-order valence-corrected chi connectivity index (χ3v) is 3.41. The Morgan fingerprint density at radius 3 is 2.53 bits per heavy atom. The minimum atomic E-state index is -0.152. The number of benzene rings is 1. The standard InChI is InChI=1S/C13H19NO2S/c1-4-10(13(15)16-2)9-14-11-5-7-12(17-3)8-6-11/h5-8,10,14H,4,9H2,1-3H3. The summed E-state index contributed by atoms with van der Waals surface area (Å²) in [6.07, 6.45) is 2.83. The number of ether oxygens (including phenoxy) is 1. The summed E-state index contributed by atoms with van der Waals surface area (Å²) in [4.78, 5) is 12.6. The van der Waals surface area contributed by atoms with Gasteiger partial charge in [0.25, 0.3) is 0 Å². The van der Waals surface area contributed by atoms with Crippen molar-refractivity contribution in [3.8, 4) is 0 Å². The molecule has 0 aliphatic rings. The SMILES string of the molecule is CCC(CNc1ccc(SC)cc1)C(=O)OC. The molecule has 0 saturated heterocycles. The molecule has 1 aromatic rings. The molecule has 0 spiro atoms. The van der Waals surface area contributed by atoms with E-state index in [9.17, 15) is 4.79 Å². The van der Waals surface area contributed by atoms with E-state index in [1.54, 1.807) is 11.8 Å². The van der Waals surface area contributed by atoms with Crippen molar-refractivity contribution >= 4 is 23.4 Å². The number of esters is 1. The fourth-order valence-electron chi connectivity index (χ4n) is 1.51. The van der Waals surface area contributed by atoms with E-state index in [2.05, 4.69) is 17.4 Å². The second-order valence-corrected chi connectivity index (χ2v) is 4.62. The zero-order valence-corrected chi connectivity index (χ0v) is 11.3. The van der Waals surface area contributed by atoms with Gasteiger partial charge in [0.2, 0.25) is 0 Å². The Morgan fingerprint density at radius 2 is 2.06 bits per heavy atom. The Hall–Kier alpha value is -1.16. The fraction of sp³-hybridized carbons (Fsp3) is 0.462. The third kappa shape index (κ3) is 4.30. The van der Waals surface area contributed by atoms with E-state index in [1.165, 1.54) is 12.0 Å². The molecule has 0 bridgehead atoms. The number of anilines is 1. The van der Waals surface area contributed by atoms with Crippen molar-refractivity contribution < 1.29 is 9.53 Å². The first kappa shape index (κ1) is 13.9. The third-order valence-electron chi connectivity index (χ3n) is 2.67. The lowest BCUT2D eigenvalue weighted by Gasteiger charge is -2.14. The first-order valence-electron chi connectivity index (χ1n) is 5.67. The molecule has 0 fully saturated rings. The number of thioether (sulfide) groups is 1. The Morgan fingerprint density at radius 1 is 1.41 bits per heavy atom. The van der Waals surface area contributed by atoms with Crippen molar-refractivity contribution in [1.29, 1.82) is 0 Å². The van der Waals surface area contributed by atoms with E-state index in [0.29, 0.717) is 6.54 Å². The zero-order chi connectivity index (χ0) is 12.7. The van der Waals surface area contributed by atoms with Crippen molar-refractivity contribution in [1.82, 2.24) is 0 Å². The molecular formula is C13H19NO2S. The quantitative estimate of drug-likeness (QED) is 0.625. The molecule has 0 aliphatic carbocycles. The molecule has 94 valence electrons. The van der Waals surface area contributed by atoms with Crippen molar-refractivity contribution in [2.45, 2.75) is 18.2 Å². The van der Waals surface area contributed by atoms with Crippen LogP contribution in [0.15, 0.2) is 29.2 Å². The van der Waals surface area contributed by atoms with Crippen LogP contribution in [0.25, 0.3) is 0 Å². The maximum Gasteiger partial charge on any atom is 0.310 e. The first-order chi connectivity index (χ1) is 8.21. The summed E-state index contributed by atoms with van der Waals surface area (Å²) in [7, 11) is 1.43. The minimum absolute atomic E-state index is 0.0831. The predicted octanol–water partition coefficient (Wildman–Crippen LogP) is 3.02. The topological polar surface area (TPSA) is 38.3 Å². The molecule has 0 radical (unpaired) electrons. The number of carbonyl (C=O) groups excluding carboxylic acids is 1. The second-order valence-electron chi connectivity index (χ2n) is 3.74. The lowest BCUT2D eigenvalue weighted by molar-refractivity contribution is -0.145. The molecule has 1 rings (SSSR count). The fourth-order valence-corrected chi connectivity index (χ4v) is 1.92. The molecule has 0 saturated carbocycles. The molecule has 1 aromatic carbocycles. The molecule has 0 aromatic heterocycles. The monoisotopic (exact) mass is 253 g/mol. The van der Waals surface area contributed by atoms with Crippen LogP contribution >= 0.6 is 11.8 Å². The maximum atomic E-state index is 11.4. The highest BCUT2D eigenvalue weighted by molar-refractivity contribution is 7.98. The molecular weight excluding hydrogens is 234 g/mol. The molecule has 4 heteroatoms. The van der Waals surface area contributed by atoms with Gasteiger partial charge in [0.1, 0.15) is 0 Å². The van der Waals surface area contributed by atoms with Crippen molar-refractivity contribution in [3.63, 3.8) is 0 Å². The highest BCUT2D eigenvalue weighted by atomic mass is 32.2. The Labute approximate surface area is 107 Å². The summed E-state index contributed by atoms with van der Waals surface area (Å²) >= 11 is 1.71. The normalized spacial score (nSPS) is 11.9. The van der Waals surface area contributed by atoms with E-state index in [4.69, 9.17) is 4.74 Å². The average Bonchev–Trinajstić information content (AvgIpc) is 2.39. The Kier molecular flexibility index (Phi) is 5.91. The zero-order valence-electron chi connectivity index (χ0n) is 10.5. The molecule has 0 amide bonds.